The highest BCUT2D eigenvalue weighted by Crippen LogP contribution is 2.43. The Kier molecular flexibility index (Phi) is 5.69. The van der Waals surface area contributed by atoms with Crippen LogP contribution < -0.4 is 4.90 Å². The molecule has 3 aromatic rings. The van der Waals surface area contributed by atoms with E-state index in [2.05, 4.69) is 20.9 Å². The lowest BCUT2D eigenvalue weighted by atomic mass is 9.95. The van der Waals surface area contributed by atoms with Crippen LogP contribution in [0.2, 0.25) is 5.02 Å². The molecule has 1 saturated heterocycles. The fourth-order valence-corrected chi connectivity index (χ4v) is 4.14. The Morgan fingerprint density at radius 3 is 2.55 bits per heavy atom. The number of hydrogen-bond donors (Lipinski definition) is 1. The lowest BCUT2D eigenvalue weighted by molar-refractivity contribution is -0.132. The maximum Gasteiger partial charge on any atom is 0.300 e. The molecule has 4 rings (SSSR count). The third kappa shape index (κ3) is 3.77. The minimum Gasteiger partial charge on any atom is -0.507 e. The van der Waals surface area contributed by atoms with Gasteiger partial charge in [0.2, 0.25) is 0 Å². The number of Topliss-reactive ketones (excluding diaryl/α,β-unsaturated/α-hetero) is 1. The molecule has 1 N–H and O–H groups in total. The van der Waals surface area contributed by atoms with Crippen molar-refractivity contribution < 1.29 is 14.7 Å². The number of anilines is 1. The molecule has 2 aromatic carbocycles. The van der Waals surface area contributed by atoms with Gasteiger partial charge in [-0.05, 0) is 60.9 Å². The van der Waals surface area contributed by atoms with Crippen LogP contribution in [0.4, 0.5) is 5.69 Å². The quantitative estimate of drug-likeness (QED) is 0.284. The van der Waals surface area contributed by atoms with E-state index in [0.29, 0.717) is 21.8 Å². The minimum atomic E-state index is -0.838. The van der Waals surface area contributed by atoms with Crippen LogP contribution in [0.25, 0.3) is 5.76 Å². The number of hydrogen-bond acceptors (Lipinski definition) is 4. The molecule has 5 nitrogen and oxygen atoms in total. The molecule has 2 heterocycles. The van der Waals surface area contributed by atoms with Crippen molar-refractivity contribution in [1.82, 2.24) is 4.98 Å². The van der Waals surface area contributed by atoms with Gasteiger partial charge in [-0.2, -0.15) is 0 Å². The van der Waals surface area contributed by atoms with Crippen LogP contribution in [0.1, 0.15) is 28.3 Å². The first-order valence-corrected chi connectivity index (χ1v) is 10.7. The molecule has 31 heavy (non-hydrogen) atoms. The monoisotopic (exact) mass is 496 g/mol. The molecule has 7 heteroatoms. The van der Waals surface area contributed by atoms with Gasteiger partial charge >= 0.3 is 0 Å². The average molecular weight is 498 g/mol. The predicted molar refractivity (Wildman–Crippen MR) is 124 cm³/mol. The van der Waals surface area contributed by atoms with E-state index in [1.165, 1.54) is 4.90 Å². The maximum absolute atomic E-state index is 13.2. The lowest BCUT2D eigenvalue weighted by Gasteiger charge is -2.26. The van der Waals surface area contributed by atoms with Crippen molar-refractivity contribution in [2.75, 3.05) is 4.90 Å². The van der Waals surface area contributed by atoms with Crippen molar-refractivity contribution in [1.29, 1.82) is 0 Å². The van der Waals surface area contributed by atoms with Gasteiger partial charge in [-0.25, -0.2) is 0 Å². The largest absolute Gasteiger partial charge is 0.507 e. The van der Waals surface area contributed by atoms with E-state index in [1.807, 2.05) is 13.8 Å². The topological polar surface area (TPSA) is 70.5 Å². The van der Waals surface area contributed by atoms with Gasteiger partial charge in [-0.1, -0.05) is 45.7 Å². The number of rotatable bonds is 3. The summed E-state index contributed by atoms with van der Waals surface area (Å²) in [7, 11) is 0. The van der Waals surface area contributed by atoms with Crippen LogP contribution >= 0.6 is 27.5 Å². The van der Waals surface area contributed by atoms with E-state index in [0.717, 1.165) is 15.6 Å². The molecule has 1 aliphatic heterocycles. The second-order valence-electron chi connectivity index (χ2n) is 7.35. The highest BCUT2D eigenvalue weighted by atomic mass is 79.9. The number of carbonyl (C=O) groups excluding carboxylic acids is 2. The number of aryl methyl sites for hydroxylation is 2. The molecule has 1 amide bonds. The van der Waals surface area contributed by atoms with Crippen LogP contribution in [0, 0.1) is 13.8 Å². The first kappa shape index (κ1) is 21.3. The lowest BCUT2D eigenvalue weighted by Crippen LogP contribution is -2.30. The third-order valence-corrected chi connectivity index (χ3v) is 6.43. The van der Waals surface area contributed by atoms with Crippen LogP contribution in [0.3, 0.4) is 0 Å². The fraction of sp³-hybridized carbons (Fsp3) is 0.125. The Bertz CT molecular complexity index is 1240. The summed E-state index contributed by atoms with van der Waals surface area (Å²) >= 11 is 9.64. The van der Waals surface area contributed by atoms with Gasteiger partial charge in [0.05, 0.1) is 11.6 Å². The van der Waals surface area contributed by atoms with Gasteiger partial charge in [0.15, 0.2) is 0 Å². The highest BCUT2D eigenvalue weighted by Gasteiger charge is 2.47. The number of halogens is 2. The van der Waals surface area contributed by atoms with Gasteiger partial charge in [0.25, 0.3) is 11.7 Å². The van der Waals surface area contributed by atoms with Gasteiger partial charge in [-0.3, -0.25) is 19.5 Å². The number of benzene rings is 2. The zero-order valence-electron chi connectivity index (χ0n) is 16.8. The van der Waals surface area contributed by atoms with Crippen molar-refractivity contribution in [3.63, 3.8) is 0 Å². The zero-order chi connectivity index (χ0) is 22.3. The molecule has 0 saturated carbocycles. The predicted octanol–water partition coefficient (Wildman–Crippen LogP) is 5.74. The molecular weight excluding hydrogens is 480 g/mol. The standard InChI is InChI=1S/C24H18BrClN2O3/c1-13-5-7-17(26)11-19(13)28-21(16-4-3-9-27-12-16)20(23(30)24(28)31)22(29)15-6-8-18(25)14(2)10-15/h3-12,21,29H,1-2H3/b22-20+. The highest BCUT2D eigenvalue weighted by molar-refractivity contribution is 9.10. The average Bonchev–Trinajstić information content (AvgIpc) is 3.02. The van der Waals surface area contributed by atoms with E-state index >= 15 is 0 Å². The van der Waals surface area contributed by atoms with Gasteiger partial charge < -0.3 is 5.11 Å². The zero-order valence-corrected chi connectivity index (χ0v) is 19.1. The molecule has 1 unspecified atom stereocenters. The Labute approximate surface area is 193 Å². The summed E-state index contributed by atoms with van der Waals surface area (Å²) in [6, 6.07) is 13.1. The van der Waals surface area contributed by atoms with Crippen molar-refractivity contribution in [2.24, 2.45) is 0 Å². The van der Waals surface area contributed by atoms with Crippen LogP contribution in [0.5, 0.6) is 0 Å². The molecule has 1 aromatic heterocycles. The van der Waals surface area contributed by atoms with Crippen LogP contribution in [0.15, 0.2) is 71.0 Å². The Morgan fingerprint density at radius 2 is 1.87 bits per heavy atom. The number of ketones is 1. The van der Waals surface area contributed by atoms with Crippen molar-refractivity contribution in [3.8, 4) is 0 Å². The SMILES string of the molecule is Cc1cc(/C(O)=C2\C(=O)C(=O)N(c3cc(Cl)ccc3C)C2c2cccnc2)ccc1Br. The van der Waals surface area contributed by atoms with E-state index in [-0.39, 0.29) is 11.3 Å². The summed E-state index contributed by atoms with van der Waals surface area (Å²) in [6.07, 6.45) is 3.20. The number of aromatic nitrogens is 1. The third-order valence-electron chi connectivity index (χ3n) is 5.31. The molecule has 156 valence electrons. The number of carbonyl (C=O) groups is 2. The van der Waals surface area contributed by atoms with E-state index < -0.39 is 17.7 Å². The summed E-state index contributed by atoms with van der Waals surface area (Å²) in [5.41, 5.74) is 3.25. The van der Waals surface area contributed by atoms with E-state index in [1.54, 1.807) is 60.9 Å². The molecule has 1 fully saturated rings. The summed E-state index contributed by atoms with van der Waals surface area (Å²) < 4.78 is 0.878. The molecule has 1 aliphatic rings. The number of aliphatic hydroxyl groups is 1. The number of pyridine rings is 1. The molecular formula is C24H18BrClN2O3. The van der Waals surface area contributed by atoms with Crippen molar-refractivity contribution in [3.05, 3.63) is 98.2 Å². The molecule has 0 spiro atoms. The Hall–Kier alpha value is -2.96. The molecule has 0 radical (unpaired) electrons. The smallest absolute Gasteiger partial charge is 0.300 e. The maximum atomic E-state index is 13.2. The van der Waals surface area contributed by atoms with Crippen LogP contribution in [-0.4, -0.2) is 21.8 Å². The summed E-state index contributed by atoms with van der Waals surface area (Å²) in [6.45, 7) is 3.72. The number of amides is 1. The normalized spacial score (nSPS) is 17.9. The Morgan fingerprint density at radius 1 is 1.10 bits per heavy atom. The van der Waals surface area contributed by atoms with Gasteiger partial charge in [-0.15, -0.1) is 0 Å². The summed E-state index contributed by atoms with van der Waals surface area (Å²) in [5.74, 6) is -1.72. The van der Waals surface area contributed by atoms with Crippen molar-refractivity contribution in [2.45, 2.75) is 19.9 Å². The second kappa shape index (κ2) is 8.29. The fourth-order valence-electron chi connectivity index (χ4n) is 3.72. The van der Waals surface area contributed by atoms with Gasteiger partial charge in [0.1, 0.15) is 5.76 Å². The minimum absolute atomic E-state index is 0.0131. The number of aliphatic hydroxyl groups excluding tert-OH is 1. The first-order valence-electron chi connectivity index (χ1n) is 9.53. The van der Waals surface area contributed by atoms with Gasteiger partial charge in [0, 0.05) is 33.1 Å². The van der Waals surface area contributed by atoms with E-state index in [4.69, 9.17) is 11.6 Å². The second-order valence-corrected chi connectivity index (χ2v) is 8.64. The molecule has 0 bridgehead atoms. The van der Waals surface area contributed by atoms with Crippen LogP contribution in [-0.2, 0) is 9.59 Å². The number of nitrogens with zero attached hydrogens (tertiary/aromatic N) is 2. The van der Waals surface area contributed by atoms with Crippen molar-refractivity contribution >= 4 is 50.7 Å². The molecule has 0 aliphatic carbocycles. The summed E-state index contributed by atoms with van der Waals surface area (Å²) in [5, 5.41) is 11.6. The molecule has 1 atom stereocenters. The van der Waals surface area contributed by atoms with E-state index in [9.17, 15) is 14.7 Å². The Balaban J connectivity index is 1.98. The first-order chi connectivity index (χ1) is 14.8. The summed E-state index contributed by atoms with van der Waals surface area (Å²) in [4.78, 5) is 31.9.